The van der Waals surface area contributed by atoms with Crippen molar-refractivity contribution < 1.29 is 18.7 Å². The average Bonchev–Trinajstić information content (AvgIpc) is 2.77. The number of amides is 2. The standard InChI is InChI=1S/C23H25BrFN5O3/c1-13-3-6-19(28-27-13)21(31)26-14(2)11-15-7-9-23(10-8-15)20(29-30-22(32)33-23)17-5-4-16(25)12-18(17)24/h3-6,12,14-15H,7-11H2,1-2H3,(H,26,31)(H,30,32)/t14-,15?,23?/m0/s1. The van der Waals surface area contributed by atoms with Gasteiger partial charge in [-0.3, -0.25) is 4.79 Å². The molecule has 1 atom stereocenters. The van der Waals surface area contributed by atoms with E-state index in [2.05, 4.69) is 42.0 Å². The highest BCUT2D eigenvalue weighted by molar-refractivity contribution is 9.10. The van der Waals surface area contributed by atoms with Gasteiger partial charge in [-0.2, -0.15) is 10.2 Å². The van der Waals surface area contributed by atoms with Gasteiger partial charge in [0.15, 0.2) is 11.3 Å². The Labute approximate surface area is 199 Å². The van der Waals surface area contributed by atoms with Crippen LogP contribution in [0.25, 0.3) is 0 Å². The van der Waals surface area contributed by atoms with E-state index in [1.54, 1.807) is 18.2 Å². The highest BCUT2D eigenvalue weighted by Crippen LogP contribution is 2.41. The molecule has 1 aliphatic heterocycles. The summed E-state index contributed by atoms with van der Waals surface area (Å²) < 4.78 is 19.9. The van der Waals surface area contributed by atoms with Gasteiger partial charge >= 0.3 is 6.09 Å². The van der Waals surface area contributed by atoms with Crippen LogP contribution in [0.4, 0.5) is 9.18 Å². The lowest BCUT2D eigenvalue weighted by atomic mass is 9.73. The zero-order valence-electron chi connectivity index (χ0n) is 18.4. The number of aromatic nitrogens is 2. The maximum Gasteiger partial charge on any atom is 0.428 e. The molecule has 2 amide bonds. The number of ether oxygens (including phenoxy) is 1. The van der Waals surface area contributed by atoms with Crippen LogP contribution in [-0.2, 0) is 4.74 Å². The van der Waals surface area contributed by atoms with Gasteiger partial charge in [0.1, 0.15) is 11.5 Å². The van der Waals surface area contributed by atoms with Crippen LogP contribution in [0.5, 0.6) is 0 Å². The summed E-state index contributed by atoms with van der Waals surface area (Å²) in [6.45, 7) is 3.79. The van der Waals surface area contributed by atoms with Gasteiger partial charge in [-0.15, -0.1) is 5.10 Å². The summed E-state index contributed by atoms with van der Waals surface area (Å²) in [5.41, 5.74) is 3.85. The van der Waals surface area contributed by atoms with Gasteiger partial charge in [0, 0.05) is 16.1 Å². The number of rotatable bonds is 5. The van der Waals surface area contributed by atoms with Crippen molar-refractivity contribution in [3.63, 3.8) is 0 Å². The van der Waals surface area contributed by atoms with E-state index in [1.165, 1.54) is 12.1 Å². The number of benzene rings is 1. The number of hydrogen-bond acceptors (Lipinski definition) is 6. The molecule has 1 saturated carbocycles. The van der Waals surface area contributed by atoms with Crippen LogP contribution in [0.3, 0.4) is 0 Å². The van der Waals surface area contributed by atoms with E-state index in [9.17, 15) is 14.0 Å². The molecule has 1 fully saturated rings. The molecule has 0 bridgehead atoms. The summed E-state index contributed by atoms with van der Waals surface area (Å²) in [6, 6.07) is 7.74. The SMILES string of the molecule is Cc1ccc(C(=O)N[C@@H](C)CC2CCC3(CC2)OC(=O)NN=C3c2ccc(F)cc2Br)nn1. The molecule has 0 radical (unpaired) electrons. The second-order valence-corrected chi connectivity index (χ2v) is 9.55. The number of carbonyl (C=O) groups excluding carboxylic acids is 2. The third kappa shape index (κ3) is 5.21. The molecule has 8 nitrogen and oxygen atoms in total. The van der Waals surface area contributed by atoms with Gasteiger partial charge in [-0.1, -0.05) is 15.9 Å². The lowest BCUT2D eigenvalue weighted by molar-refractivity contribution is 0.0154. The first-order chi connectivity index (χ1) is 15.8. The third-order valence-electron chi connectivity index (χ3n) is 6.17. The Morgan fingerprint density at radius 1 is 1.30 bits per heavy atom. The molecule has 4 rings (SSSR count). The number of carbonyl (C=O) groups is 2. The maximum absolute atomic E-state index is 13.6. The van der Waals surface area contributed by atoms with Gasteiger partial charge in [0.2, 0.25) is 0 Å². The fourth-order valence-electron chi connectivity index (χ4n) is 4.53. The van der Waals surface area contributed by atoms with Crippen LogP contribution in [0.2, 0.25) is 0 Å². The fraction of sp³-hybridized carbons (Fsp3) is 0.435. The Morgan fingerprint density at radius 2 is 2.06 bits per heavy atom. The summed E-state index contributed by atoms with van der Waals surface area (Å²) in [5.74, 6) is -0.260. The van der Waals surface area contributed by atoms with Gasteiger partial charge in [0.05, 0.1) is 5.69 Å². The first-order valence-electron chi connectivity index (χ1n) is 10.9. The van der Waals surface area contributed by atoms with Gasteiger partial charge in [-0.05, 0) is 82.2 Å². The predicted molar refractivity (Wildman–Crippen MR) is 123 cm³/mol. The van der Waals surface area contributed by atoms with E-state index in [1.807, 2.05) is 13.8 Å². The summed E-state index contributed by atoms with van der Waals surface area (Å²) in [4.78, 5) is 24.4. The Kier molecular flexibility index (Phi) is 6.73. The van der Waals surface area contributed by atoms with Crippen LogP contribution in [0, 0.1) is 18.7 Å². The molecule has 33 heavy (non-hydrogen) atoms. The van der Waals surface area contributed by atoms with Crippen molar-refractivity contribution in [2.75, 3.05) is 0 Å². The number of aryl methyl sites for hydroxylation is 1. The molecule has 10 heteroatoms. The predicted octanol–water partition coefficient (Wildman–Crippen LogP) is 4.27. The molecular formula is C23H25BrFN5O3. The monoisotopic (exact) mass is 517 g/mol. The minimum absolute atomic E-state index is 0.0467. The minimum Gasteiger partial charge on any atom is -0.435 e. The number of halogens is 2. The van der Waals surface area contributed by atoms with E-state index < -0.39 is 11.7 Å². The van der Waals surface area contributed by atoms with Crippen molar-refractivity contribution in [3.05, 3.63) is 57.6 Å². The highest BCUT2D eigenvalue weighted by Gasteiger charge is 2.46. The largest absolute Gasteiger partial charge is 0.435 e. The second kappa shape index (κ2) is 9.54. The van der Waals surface area contributed by atoms with Crippen molar-refractivity contribution in [2.45, 2.75) is 57.6 Å². The van der Waals surface area contributed by atoms with Crippen LogP contribution >= 0.6 is 15.9 Å². The Hall–Kier alpha value is -2.88. The van der Waals surface area contributed by atoms with Crippen molar-refractivity contribution in [1.82, 2.24) is 20.9 Å². The van der Waals surface area contributed by atoms with E-state index in [4.69, 9.17) is 4.74 Å². The Morgan fingerprint density at radius 3 is 2.73 bits per heavy atom. The van der Waals surface area contributed by atoms with Gasteiger partial charge in [0.25, 0.3) is 5.91 Å². The molecule has 0 saturated heterocycles. The first-order valence-corrected chi connectivity index (χ1v) is 11.7. The van der Waals surface area contributed by atoms with E-state index in [0.717, 1.165) is 25.0 Å². The van der Waals surface area contributed by atoms with Crippen LogP contribution in [0.15, 0.2) is 39.9 Å². The van der Waals surface area contributed by atoms with Crippen LogP contribution in [0.1, 0.15) is 60.8 Å². The number of hydrazone groups is 1. The molecule has 2 heterocycles. The summed E-state index contributed by atoms with van der Waals surface area (Å²) in [7, 11) is 0. The number of hydrogen-bond donors (Lipinski definition) is 2. The molecule has 2 aromatic rings. The number of nitrogens with one attached hydrogen (secondary N) is 2. The molecule has 1 spiro atoms. The van der Waals surface area contributed by atoms with Gasteiger partial charge < -0.3 is 10.1 Å². The van der Waals surface area contributed by atoms with Crippen LogP contribution < -0.4 is 10.7 Å². The lowest BCUT2D eigenvalue weighted by Crippen LogP contribution is -2.52. The average molecular weight is 518 g/mol. The fourth-order valence-corrected chi connectivity index (χ4v) is 5.07. The van der Waals surface area contributed by atoms with Crippen molar-refractivity contribution in [3.8, 4) is 0 Å². The lowest BCUT2D eigenvalue weighted by Gasteiger charge is -2.42. The Bertz CT molecular complexity index is 1080. The molecule has 1 aromatic carbocycles. The molecule has 2 N–H and O–H groups in total. The quantitative estimate of drug-likeness (QED) is 0.615. The molecule has 1 aromatic heterocycles. The molecular weight excluding hydrogens is 493 g/mol. The maximum atomic E-state index is 13.6. The third-order valence-corrected chi connectivity index (χ3v) is 6.83. The van der Waals surface area contributed by atoms with E-state index in [0.29, 0.717) is 40.2 Å². The summed E-state index contributed by atoms with van der Waals surface area (Å²) in [5, 5.41) is 15.1. The van der Waals surface area contributed by atoms with E-state index >= 15 is 0 Å². The first kappa shape index (κ1) is 23.3. The van der Waals surface area contributed by atoms with E-state index in [-0.39, 0.29) is 17.8 Å². The number of nitrogens with zero attached hydrogens (tertiary/aromatic N) is 3. The van der Waals surface area contributed by atoms with Crippen molar-refractivity contribution in [2.24, 2.45) is 11.0 Å². The zero-order chi connectivity index (χ0) is 23.6. The zero-order valence-corrected chi connectivity index (χ0v) is 20.0. The smallest absolute Gasteiger partial charge is 0.428 e. The molecule has 2 aliphatic rings. The topological polar surface area (TPSA) is 106 Å². The van der Waals surface area contributed by atoms with Crippen molar-refractivity contribution >= 4 is 33.6 Å². The summed E-state index contributed by atoms with van der Waals surface area (Å²) in [6.07, 6.45) is 3.00. The Balaban J connectivity index is 1.40. The molecule has 174 valence electrons. The normalized spacial score (nSPS) is 23.3. The highest BCUT2D eigenvalue weighted by atomic mass is 79.9. The van der Waals surface area contributed by atoms with Crippen molar-refractivity contribution in [1.29, 1.82) is 0 Å². The van der Waals surface area contributed by atoms with Crippen LogP contribution in [-0.4, -0.2) is 39.6 Å². The summed E-state index contributed by atoms with van der Waals surface area (Å²) >= 11 is 3.40. The van der Waals surface area contributed by atoms with Gasteiger partial charge in [-0.25, -0.2) is 14.6 Å². The second-order valence-electron chi connectivity index (χ2n) is 8.69. The molecule has 0 unspecified atom stereocenters. The molecule has 1 aliphatic carbocycles. The minimum atomic E-state index is -0.858.